The van der Waals surface area contributed by atoms with E-state index in [4.69, 9.17) is 21.3 Å². The maximum absolute atomic E-state index is 12.6. The van der Waals surface area contributed by atoms with Crippen molar-refractivity contribution in [3.05, 3.63) is 94.8 Å². The van der Waals surface area contributed by atoms with Crippen LogP contribution >= 0.6 is 11.6 Å². The molecule has 1 N–H and O–H groups in total. The summed E-state index contributed by atoms with van der Waals surface area (Å²) in [7, 11) is 0. The highest BCUT2D eigenvalue weighted by atomic mass is 35.5. The van der Waals surface area contributed by atoms with Gasteiger partial charge < -0.3 is 14.6 Å². The number of halogens is 1. The molecule has 5 nitrogen and oxygen atoms in total. The van der Waals surface area contributed by atoms with Crippen molar-refractivity contribution in [2.45, 2.75) is 45.7 Å². The van der Waals surface area contributed by atoms with Crippen molar-refractivity contribution < 1.29 is 9.53 Å². The molecule has 0 aliphatic heterocycles. The van der Waals surface area contributed by atoms with E-state index in [0.29, 0.717) is 23.2 Å². The Bertz CT molecular complexity index is 1250. The third-order valence-corrected chi connectivity index (χ3v) is 6.39. The maximum atomic E-state index is 12.6. The van der Waals surface area contributed by atoms with E-state index in [0.717, 1.165) is 23.3 Å². The highest BCUT2D eigenvalue weighted by molar-refractivity contribution is 6.30. The number of amides is 1. The van der Waals surface area contributed by atoms with Gasteiger partial charge in [-0.25, -0.2) is 4.98 Å². The van der Waals surface area contributed by atoms with E-state index in [1.54, 1.807) is 24.3 Å². The number of imidazole rings is 1. The van der Waals surface area contributed by atoms with Crippen LogP contribution in [0.3, 0.4) is 0 Å². The largest absolute Gasteiger partial charge is 0.484 e. The molecule has 0 radical (unpaired) electrons. The zero-order valence-corrected chi connectivity index (χ0v) is 20.5. The van der Waals surface area contributed by atoms with E-state index in [1.807, 2.05) is 25.1 Å². The lowest BCUT2D eigenvalue weighted by molar-refractivity contribution is -0.123. The molecular formula is C28H30ClN3O2. The summed E-state index contributed by atoms with van der Waals surface area (Å²) < 4.78 is 7.77. The first kappa shape index (κ1) is 23.8. The van der Waals surface area contributed by atoms with Gasteiger partial charge in [0.25, 0.3) is 5.91 Å². The van der Waals surface area contributed by atoms with E-state index in [9.17, 15) is 4.79 Å². The number of carbonyl (C=O) groups excluding carboxylic acids is 1. The van der Waals surface area contributed by atoms with Crippen LogP contribution in [0.4, 0.5) is 0 Å². The fraction of sp³-hybridized carbons (Fsp3) is 0.286. The lowest BCUT2D eigenvalue weighted by Crippen LogP contribution is -2.32. The number of hydrogen-bond acceptors (Lipinski definition) is 3. The molecule has 0 bridgehead atoms. The summed E-state index contributed by atoms with van der Waals surface area (Å²) in [4.78, 5) is 17.4. The summed E-state index contributed by atoms with van der Waals surface area (Å²) in [6, 6.07) is 23.5. The van der Waals surface area contributed by atoms with Crippen LogP contribution in [0.2, 0.25) is 5.02 Å². The minimum atomic E-state index is -0.284. The molecule has 1 aromatic heterocycles. The fourth-order valence-electron chi connectivity index (χ4n) is 3.99. The van der Waals surface area contributed by atoms with E-state index < -0.39 is 0 Å². The van der Waals surface area contributed by atoms with Gasteiger partial charge in [-0.2, -0.15) is 0 Å². The van der Waals surface area contributed by atoms with Crippen LogP contribution < -0.4 is 10.1 Å². The first-order valence-electron chi connectivity index (χ1n) is 11.7. The molecule has 2 atom stereocenters. The molecule has 1 amide bonds. The normalized spacial score (nSPS) is 12.9. The number of ether oxygens (including phenoxy) is 1. The second-order valence-corrected chi connectivity index (χ2v) is 9.06. The van der Waals surface area contributed by atoms with Crippen molar-refractivity contribution >= 4 is 28.5 Å². The number of carbonyl (C=O) groups is 1. The van der Waals surface area contributed by atoms with Gasteiger partial charge in [0.05, 0.1) is 17.1 Å². The van der Waals surface area contributed by atoms with Crippen LogP contribution in [0.1, 0.15) is 56.1 Å². The zero-order chi connectivity index (χ0) is 24.1. The van der Waals surface area contributed by atoms with E-state index >= 15 is 0 Å². The predicted molar refractivity (Wildman–Crippen MR) is 137 cm³/mol. The topological polar surface area (TPSA) is 56.2 Å². The predicted octanol–water partition coefficient (Wildman–Crippen LogP) is 6.51. The number of rotatable bonds is 9. The molecule has 4 aromatic rings. The highest BCUT2D eigenvalue weighted by Gasteiger charge is 2.19. The fourth-order valence-corrected chi connectivity index (χ4v) is 4.11. The molecule has 176 valence electrons. The first-order chi connectivity index (χ1) is 16.4. The monoisotopic (exact) mass is 475 g/mol. The number of hydrogen-bond donors (Lipinski definition) is 1. The lowest BCUT2D eigenvalue weighted by Gasteiger charge is -2.17. The van der Waals surface area contributed by atoms with Gasteiger partial charge in [0.15, 0.2) is 6.61 Å². The van der Waals surface area contributed by atoms with Gasteiger partial charge in [0.2, 0.25) is 0 Å². The van der Waals surface area contributed by atoms with Crippen molar-refractivity contribution in [1.82, 2.24) is 14.9 Å². The number of nitrogens with one attached hydrogen (secondary N) is 1. The van der Waals surface area contributed by atoms with Crippen molar-refractivity contribution in [3.8, 4) is 5.75 Å². The Balaban J connectivity index is 1.50. The average molecular weight is 476 g/mol. The smallest absolute Gasteiger partial charge is 0.258 e. The summed E-state index contributed by atoms with van der Waals surface area (Å²) in [5.41, 5.74) is 4.50. The van der Waals surface area contributed by atoms with Crippen LogP contribution in [0.15, 0.2) is 72.8 Å². The summed E-state index contributed by atoms with van der Waals surface area (Å²) >= 11 is 5.90. The average Bonchev–Trinajstić information content (AvgIpc) is 3.22. The Morgan fingerprint density at radius 2 is 1.74 bits per heavy atom. The standard InChI is InChI=1S/C28H30ClN3O2/c1-4-19(2)22-11-9-21(10-12-22)17-32-26-8-6-5-7-25(26)31-28(32)20(3)30-27(33)18-34-24-15-13-23(29)14-16-24/h5-16,19-20H,4,17-18H2,1-3H3,(H,30,33). The first-order valence-corrected chi connectivity index (χ1v) is 12.0. The molecule has 0 fully saturated rings. The molecule has 2 unspecified atom stereocenters. The zero-order valence-electron chi connectivity index (χ0n) is 19.8. The van der Waals surface area contributed by atoms with E-state index in [2.05, 4.69) is 54.1 Å². The number of benzene rings is 3. The second-order valence-electron chi connectivity index (χ2n) is 8.63. The van der Waals surface area contributed by atoms with E-state index in [1.165, 1.54) is 11.1 Å². The van der Waals surface area contributed by atoms with Gasteiger partial charge >= 0.3 is 0 Å². The summed E-state index contributed by atoms with van der Waals surface area (Å²) in [5, 5.41) is 3.65. The Morgan fingerprint density at radius 3 is 2.44 bits per heavy atom. The maximum Gasteiger partial charge on any atom is 0.258 e. The molecule has 34 heavy (non-hydrogen) atoms. The van der Waals surface area contributed by atoms with Crippen molar-refractivity contribution in [3.63, 3.8) is 0 Å². The van der Waals surface area contributed by atoms with Crippen LogP contribution in [0.5, 0.6) is 5.75 Å². The molecule has 1 heterocycles. The van der Waals surface area contributed by atoms with Crippen molar-refractivity contribution in [2.75, 3.05) is 6.61 Å². The quantitative estimate of drug-likeness (QED) is 0.300. The molecular weight excluding hydrogens is 446 g/mol. The Labute approximate surface area is 205 Å². The minimum absolute atomic E-state index is 0.0801. The second kappa shape index (κ2) is 10.7. The lowest BCUT2D eigenvalue weighted by atomic mass is 9.97. The van der Waals surface area contributed by atoms with Gasteiger partial charge in [-0.15, -0.1) is 0 Å². The molecule has 0 saturated heterocycles. The summed E-state index contributed by atoms with van der Waals surface area (Å²) in [6.07, 6.45) is 1.12. The third-order valence-electron chi connectivity index (χ3n) is 6.13. The molecule has 0 saturated carbocycles. The van der Waals surface area contributed by atoms with Crippen molar-refractivity contribution in [2.24, 2.45) is 0 Å². The molecule has 0 aliphatic carbocycles. The molecule has 3 aromatic carbocycles. The summed E-state index contributed by atoms with van der Waals surface area (Å²) in [5.74, 6) is 1.75. The van der Waals surface area contributed by atoms with Gasteiger partial charge in [-0.3, -0.25) is 4.79 Å². The highest BCUT2D eigenvalue weighted by Crippen LogP contribution is 2.24. The Hall–Kier alpha value is -3.31. The van der Waals surface area contributed by atoms with Crippen LogP contribution in [0.25, 0.3) is 11.0 Å². The molecule has 6 heteroatoms. The number of fused-ring (bicyclic) bond motifs is 1. The molecule has 0 spiro atoms. The third kappa shape index (κ3) is 5.60. The van der Waals surface area contributed by atoms with E-state index in [-0.39, 0.29) is 18.6 Å². The Kier molecular flexibility index (Phi) is 7.53. The summed E-state index contributed by atoms with van der Waals surface area (Å²) in [6.45, 7) is 7.00. The van der Waals surface area contributed by atoms with Crippen LogP contribution in [0, 0.1) is 0 Å². The van der Waals surface area contributed by atoms with Crippen LogP contribution in [-0.2, 0) is 11.3 Å². The van der Waals surface area contributed by atoms with Gasteiger partial charge in [-0.1, -0.05) is 61.8 Å². The van der Waals surface area contributed by atoms with Crippen molar-refractivity contribution in [1.29, 1.82) is 0 Å². The number of para-hydroxylation sites is 2. The number of aromatic nitrogens is 2. The van der Waals surface area contributed by atoms with Crippen LogP contribution in [-0.4, -0.2) is 22.1 Å². The van der Waals surface area contributed by atoms with Gasteiger partial charge in [0.1, 0.15) is 11.6 Å². The molecule has 4 rings (SSSR count). The van der Waals surface area contributed by atoms with Gasteiger partial charge in [-0.05, 0) is 66.8 Å². The SMILES string of the molecule is CCC(C)c1ccc(Cn2c(C(C)NC(=O)COc3ccc(Cl)cc3)nc3ccccc32)cc1. The molecule has 0 aliphatic rings. The minimum Gasteiger partial charge on any atom is -0.484 e. The van der Waals surface area contributed by atoms with Gasteiger partial charge in [0, 0.05) is 11.6 Å². The number of nitrogens with zero attached hydrogens (tertiary/aromatic N) is 2. The Morgan fingerprint density at radius 1 is 1.03 bits per heavy atom.